The van der Waals surface area contributed by atoms with Crippen molar-refractivity contribution in [3.05, 3.63) is 34.9 Å². The number of aldehydes is 1. The average Bonchev–Trinajstić information content (AvgIpc) is 2.34. The number of rotatable bonds is 3. The third kappa shape index (κ3) is 2.93. The van der Waals surface area contributed by atoms with Crippen molar-refractivity contribution in [3.63, 3.8) is 0 Å². The SMILES string of the molecule is O=CC(c1ccccc1Cl)C1CCS(=O)(=O)CC1. The summed E-state index contributed by atoms with van der Waals surface area (Å²) in [6, 6.07) is 7.26. The Bertz CT molecular complexity index is 525. The summed E-state index contributed by atoms with van der Waals surface area (Å²) in [7, 11) is -2.90. The molecule has 1 atom stereocenters. The zero-order chi connectivity index (χ0) is 13.2. The lowest BCUT2D eigenvalue weighted by Crippen LogP contribution is -2.28. The maximum atomic E-state index is 11.4. The van der Waals surface area contributed by atoms with Crippen LogP contribution >= 0.6 is 11.6 Å². The number of halogens is 1. The van der Waals surface area contributed by atoms with Gasteiger partial charge in [-0.25, -0.2) is 8.42 Å². The lowest BCUT2D eigenvalue weighted by atomic mass is 9.83. The third-order valence-electron chi connectivity index (χ3n) is 3.52. The maximum absolute atomic E-state index is 11.4. The highest BCUT2D eigenvalue weighted by atomic mass is 35.5. The van der Waals surface area contributed by atoms with E-state index in [1.165, 1.54) is 0 Å². The minimum Gasteiger partial charge on any atom is -0.303 e. The Balaban J connectivity index is 2.21. The van der Waals surface area contributed by atoms with Gasteiger partial charge in [0.2, 0.25) is 0 Å². The van der Waals surface area contributed by atoms with Crippen LogP contribution in [0.1, 0.15) is 24.3 Å². The molecule has 18 heavy (non-hydrogen) atoms. The highest BCUT2D eigenvalue weighted by Gasteiger charge is 2.31. The van der Waals surface area contributed by atoms with Crippen molar-refractivity contribution in [2.24, 2.45) is 5.92 Å². The summed E-state index contributed by atoms with van der Waals surface area (Å²) in [5.41, 5.74) is 0.804. The molecule has 2 rings (SSSR count). The Morgan fingerprint density at radius 1 is 1.22 bits per heavy atom. The molecule has 0 amide bonds. The number of carbonyl (C=O) groups is 1. The number of hydrogen-bond acceptors (Lipinski definition) is 3. The van der Waals surface area contributed by atoms with Gasteiger partial charge in [-0.1, -0.05) is 29.8 Å². The molecule has 0 aromatic heterocycles. The standard InChI is InChI=1S/C13H15ClO3S/c14-13-4-2-1-3-11(13)12(9-15)10-5-7-18(16,17)8-6-10/h1-4,9-10,12H,5-8H2. The maximum Gasteiger partial charge on any atom is 0.150 e. The van der Waals surface area contributed by atoms with Crippen molar-refractivity contribution in [2.75, 3.05) is 11.5 Å². The first-order chi connectivity index (χ1) is 8.53. The van der Waals surface area contributed by atoms with Gasteiger partial charge in [0.1, 0.15) is 16.1 Å². The largest absolute Gasteiger partial charge is 0.303 e. The first kappa shape index (κ1) is 13.6. The van der Waals surface area contributed by atoms with Crippen LogP contribution in [-0.4, -0.2) is 26.2 Å². The topological polar surface area (TPSA) is 51.2 Å². The van der Waals surface area contributed by atoms with Crippen LogP contribution in [0.15, 0.2) is 24.3 Å². The molecule has 0 saturated carbocycles. The third-order valence-corrected chi connectivity index (χ3v) is 5.58. The first-order valence-corrected chi connectivity index (χ1v) is 8.13. The Hall–Kier alpha value is -0.870. The predicted molar refractivity (Wildman–Crippen MR) is 71.6 cm³/mol. The molecule has 1 unspecified atom stereocenters. The van der Waals surface area contributed by atoms with E-state index in [1.54, 1.807) is 6.07 Å². The lowest BCUT2D eigenvalue weighted by molar-refractivity contribution is -0.110. The zero-order valence-electron chi connectivity index (χ0n) is 9.88. The van der Waals surface area contributed by atoms with Crippen LogP contribution in [-0.2, 0) is 14.6 Å². The van der Waals surface area contributed by atoms with E-state index in [9.17, 15) is 13.2 Å². The van der Waals surface area contributed by atoms with Crippen molar-refractivity contribution in [1.82, 2.24) is 0 Å². The average molecular weight is 287 g/mol. The van der Waals surface area contributed by atoms with Crippen molar-refractivity contribution in [1.29, 1.82) is 0 Å². The molecule has 0 radical (unpaired) electrons. The molecule has 1 aromatic rings. The second-order valence-corrected chi connectivity index (χ2v) is 7.38. The molecule has 1 saturated heterocycles. The monoisotopic (exact) mass is 286 g/mol. The lowest BCUT2D eigenvalue weighted by Gasteiger charge is -2.27. The van der Waals surface area contributed by atoms with Gasteiger partial charge in [0.15, 0.2) is 0 Å². The van der Waals surface area contributed by atoms with Crippen LogP contribution in [0.5, 0.6) is 0 Å². The quantitative estimate of drug-likeness (QED) is 0.802. The second-order valence-electron chi connectivity index (χ2n) is 4.67. The van der Waals surface area contributed by atoms with Crippen LogP contribution in [0.2, 0.25) is 5.02 Å². The van der Waals surface area contributed by atoms with Gasteiger partial charge in [0.25, 0.3) is 0 Å². The number of benzene rings is 1. The Labute approximate surface area is 112 Å². The van der Waals surface area contributed by atoms with Gasteiger partial charge in [0, 0.05) is 10.9 Å². The van der Waals surface area contributed by atoms with Crippen LogP contribution < -0.4 is 0 Å². The van der Waals surface area contributed by atoms with Crippen LogP contribution in [0, 0.1) is 5.92 Å². The normalized spacial score (nSPS) is 21.4. The fourth-order valence-corrected chi connectivity index (χ4v) is 4.24. The molecule has 1 aromatic carbocycles. The molecule has 1 heterocycles. The van der Waals surface area contributed by atoms with Crippen LogP contribution in [0.3, 0.4) is 0 Å². The highest BCUT2D eigenvalue weighted by molar-refractivity contribution is 7.91. The minimum atomic E-state index is -2.90. The van der Waals surface area contributed by atoms with Gasteiger partial charge < -0.3 is 4.79 Å². The fourth-order valence-electron chi connectivity index (χ4n) is 2.45. The summed E-state index contributed by atoms with van der Waals surface area (Å²) in [6.07, 6.45) is 1.97. The smallest absolute Gasteiger partial charge is 0.150 e. The molecule has 0 aliphatic carbocycles. The summed E-state index contributed by atoms with van der Waals surface area (Å²) >= 11 is 6.10. The molecule has 3 nitrogen and oxygen atoms in total. The molecular weight excluding hydrogens is 272 g/mol. The van der Waals surface area contributed by atoms with Crippen molar-refractivity contribution in [3.8, 4) is 0 Å². The molecule has 5 heteroatoms. The number of sulfone groups is 1. The second kappa shape index (κ2) is 5.41. The van der Waals surface area contributed by atoms with Gasteiger partial charge in [-0.15, -0.1) is 0 Å². The van der Waals surface area contributed by atoms with E-state index in [1.807, 2.05) is 18.2 Å². The molecule has 0 spiro atoms. The first-order valence-electron chi connectivity index (χ1n) is 5.93. The zero-order valence-corrected chi connectivity index (χ0v) is 11.5. The molecule has 0 bridgehead atoms. The van der Waals surface area contributed by atoms with E-state index in [-0.39, 0.29) is 23.3 Å². The van der Waals surface area contributed by atoms with Gasteiger partial charge in [-0.05, 0) is 30.4 Å². The van der Waals surface area contributed by atoms with E-state index in [0.717, 1.165) is 11.8 Å². The molecule has 1 aliphatic rings. The molecule has 1 aliphatic heterocycles. The fraction of sp³-hybridized carbons (Fsp3) is 0.462. The van der Waals surface area contributed by atoms with E-state index in [4.69, 9.17) is 11.6 Å². The van der Waals surface area contributed by atoms with Crippen LogP contribution in [0.25, 0.3) is 0 Å². The molecule has 98 valence electrons. The summed E-state index contributed by atoms with van der Waals surface area (Å²) in [5, 5.41) is 0.572. The molecule has 0 N–H and O–H groups in total. The van der Waals surface area contributed by atoms with Crippen LogP contribution in [0.4, 0.5) is 0 Å². The van der Waals surface area contributed by atoms with Gasteiger partial charge >= 0.3 is 0 Å². The van der Waals surface area contributed by atoms with Gasteiger partial charge in [-0.3, -0.25) is 0 Å². The molecule has 1 fully saturated rings. The summed E-state index contributed by atoms with van der Waals surface area (Å²) in [4.78, 5) is 11.3. The van der Waals surface area contributed by atoms with Crippen molar-refractivity contribution < 1.29 is 13.2 Å². The minimum absolute atomic E-state index is 0.0749. The molecular formula is C13H15ClO3S. The number of carbonyl (C=O) groups excluding carboxylic acids is 1. The highest BCUT2D eigenvalue weighted by Crippen LogP contribution is 2.35. The van der Waals surface area contributed by atoms with Gasteiger partial charge in [0.05, 0.1) is 11.5 Å². The van der Waals surface area contributed by atoms with Gasteiger partial charge in [-0.2, -0.15) is 0 Å². The Morgan fingerprint density at radius 3 is 2.39 bits per heavy atom. The Kier molecular flexibility index (Phi) is 4.07. The van der Waals surface area contributed by atoms with E-state index in [2.05, 4.69) is 0 Å². The van der Waals surface area contributed by atoms with E-state index in [0.29, 0.717) is 17.9 Å². The predicted octanol–water partition coefficient (Wildman–Crippen LogP) is 2.45. The Morgan fingerprint density at radius 2 is 1.83 bits per heavy atom. The van der Waals surface area contributed by atoms with Crippen molar-refractivity contribution in [2.45, 2.75) is 18.8 Å². The summed E-state index contributed by atoms with van der Waals surface area (Å²) in [5.74, 6) is 0.124. The van der Waals surface area contributed by atoms with Crippen molar-refractivity contribution >= 4 is 27.7 Å². The summed E-state index contributed by atoms with van der Waals surface area (Å²) < 4.78 is 22.8. The van der Waals surface area contributed by atoms with E-state index < -0.39 is 9.84 Å². The van der Waals surface area contributed by atoms with E-state index >= 15 is 0 Å². The summed E-state index contributed by atoms with van der Waals surface area (Å²) in [6.45, 7) is 0. The number of hydrogen-bond donors (Lipinski definition) is 0.